The zero-order chi connectivity index (χ0) is 13.0. The van der Waals surface area contributed by atoms with Crippen LogP contribution in [0.4, 0.5) is 0 Å². The Morgan fingerprint density at radius 1 is 1.18 bits per heavy atom. The van der Waals surface area contributed by atoms with Gasteiger partial charge < -0.3 is 15.3 Å². The highest BCUT2D eigenvalue weighted by atomic mass is 16.4. The summed E-state index contributed by atoms with van der Waals surface area (Å²) in [6, 6.07) is 3.26. The fourth-order valence-electron chi connectivity index (χ4n) is 1.23. The van der Waals surface area contributed by atoms with E-state index in [9.17, 15) is 19.5 Å². The average Bonchev–Trinajstić information content (AvgIpc) is 2.26. The second-order valence-corrected chi connectivity index (χ2v) is 3.06. The van der Waals surface area contributed by atoms with Gasteiger partial charge in [0.2, 0.25) is 0 Å². The van der Waals surface area contributed by atoms with Crippen molar-refractivity contribution in [3.05, 3.63) is 35.4 Å². The zero-order valence-electron chi connectivity index (χ0n) is 8.45. The lowest BCUT2D eigenvalue weighted by Crippen LogP contribution is -2.03. The van der Waals surface area contributed by atoms with E-state index in [2.05, 4.69) is 0 Å². The number of aldehydes is 1. The Morgan fingerprint density at radius 2 is 1.82 bits per heavy atom. The zero-order valence-corrected chi connectivity index (χ0v) is 8.45. The maximum atomic E-state index is 10.8. The van der Waals surface area contributed by atoms with Gasteiger partial charge in [-0.2, -0.15) is 0 Å². The number of aliphatic carboxylic acids is 1. The third-order valence-electron chi connectivity index (χ3n) is 2.00. The Labute approximate surface area is 95.4 Å². The number of benzene rings is 1. The number of aromatic carboxylic acids is 1. The van der Waals surface area contributed by atoms with E-state index in [4.69, 9.17) is 10.2 Å². The summed E-state index contributed by atoms with van der Waals surface area (Å²) in [5.41, 5.74) is -0.747. The van der Waals surface area contributed by atoms with Gasteiger partial charge in [0.15, 0.2) is 0 Å². The molecule has 0 atom stereocenters. The molecule has 1 aromatic carbocycles. The quantitative estimate of drug-likeness (QED) is 0.525. The van der Waals surface area contributed by atoms with Crippen molar-refractivity contribution in [2.45, 2.75) is 0 Å². The van der Waals surface area contributed by atoms with Crippen LogP contribution in [0.15, 0.2) is 24.3 Å². The number of carbonyl (C=O) groups excluding carboxylic acids is 1. The van der Waals surface area contributed by atoms with Gasteiger partial charge in [-0.1, -0.05) is 6.07 Å². The molecule has 3 N–H and O–H groups in total. The van der Waals surface area contributed by atoms with E-state index < -0.39 is 23.3 Å². The normalized spacial score (nSPS) is 10.9. The minimum Gasteiger partial charge on any atom is -0.507 e. The van der Waals surface area contributed by atoms with Crippen molar-refractivity contribution in [2.75, 3.05) is 0 Å². The molecule has 0 spiro atoms. The first-order chi connectivity index (χ1) is 7.97. The van der Waals surface area contributed by atoms with Crippen molar-refractivity contribution in [3.63, 3.8) is 0 Å². The molecule has 0 bridgehead atoms. The predicted octanol–water partition coefficient (Wildman–Crippen LogP) is 0.757. The highest BCUT2D eigenvalue weighted by Gasteiger charge is 2.15. The number of carbonyl (C=O) groups is 3. The second-order valence-electron chi connectivity index (χ2n) is 3.06. The summed E-state index contributed by atoms with van der Waals surface area (Å²) in [7, 11) is 0. The first-order valence-corrected chi connectivity index (χ1v) is 4.42. The molecule has 0 aliphatic heterocycles. The molecule has 0 fully saturated rings. The monoisotopic (exact) mass is 236 g/mol. The molecule has 17 heavy (non-hydrogen) atoms. The molecule has 1 rings (SSSR count). The van der Waals surface area contributed by atoms with Gasteiger partial charge in [-0.15, -0.1) is 0 Å². The largest absolute Gasteiger partial charge is 0.507 e. The minimum absolute atomic E-state index is 0.0276. The Hall–Kier alpha value is -2.63. The molecule has 0 heterocycles. The van der Waals surface area contributed by atoms with Crippen molar-refractivity contribution in [3.8, 4) is 5.75 Å². The van der Waals surface area contributed by atoms with E-state index >= 15 is 0 Å². The SMILES string of the molecule is O=CC=C(C(=O)O)c1ccc(O)c(C(=O)O)c1. The first kappa shape index (κ1) is 12.4. The molecule has 1 aromatic rings. The van der Waals surface area contributed by atoms with Gasteiger partial charge in [0.1, 0.15) is 17.6 Å². The van der Waals surface area contributed by atoms with Crippen LogP contribution >= 0.6 is 0 Å². The van der Waals surface area contributed by atoms with Crippen LogP contribution in [0.2, 0.25) is 0 Å². The average molecular weight is 236 g/mol. The van der Waals surface area contributed by atoms with Crippen LogP contribution < -0.4 is 0 Å². The lowest BCUT2D eigenvalue weighted by molar-refractivity contribution is -0.130. The molecule has 0 unspecified atom stereocenters. The predicted molar refractivity (Wildman–Crippen MR) is 56.7 cm³/mol. The van der Waals surface area contributed by atoms with Crippen LogP contribution in [0.3, 0.4) is 0 Å². The van der Waals surface area contributed by atoms with Crippen LogP contribution in [0, 0.1) is 0 Å². The van der Waals surface area contributed by atoms with Gasteiger partial charge >= 0.3 is 11.9 Å². The van der Waals surface area contributed by atoms with Crippen LogP contribution in [-0.2, 0) is 9.59 Å². The van der Waals surface area contributed by atoms with Crippen LogP contribution in [-0.4, -0.2) is 33.5 Å². The highest BCUT2D eigenvalue weighted by molar-refractivity contribution is 6.18. The van der Waals surface area contributed by atoms with E-state index in [-0.39, 0.29) is 17.4 Å². The fourth-order valence-corrected chi connectivity index (χ4v) is 1.23. The number of aromatic hydroxyl groups is 1. The van der Waals surface area contributed by atoms with Gasteiger partial charge in [0.25, 0.3) is 0 Å². The second kappa shape index (κ2) is 4.93. The van der Waals surface area contributed by atoms with Crippen LogP contribution in [0.5, 0.6) is 5.75 Å². The van der Waals surface area contributed by atoms with E-state index in [0.717, 1.165) is 18.2 Å². The van der Waals surface area contributed by atoms with Gasteiger partial charge in [-0.05, 0) is 23.8 Å². The van der Waals surface area contributed by atoms with Crippen molar-refractivity contribution >= 4 is 23.8 Å². The summed E-state index contributed by atoms with van der Waals surface area (Å²) >= 11 is 0. The van der Waals surface area contributed by atoms with Gasteiger partial charge in [0.05, 0.1) is 5.57 Å². The molecule has 0 radical (unpaired) electrons. The molecule has 0 saturated heterocycles. The molecule has 0 saturated carbocycles. The van der Waals surface area contributed by atoms with Gasteiger partial charge in [0, 0.05) is 0 Å². The Balaban J connectivity index is 3.37. The van der Waals surface area contributed by atoms with Gasteiger partial charge in [-0.25, -0.2) is 9.59 Å². The Bertz CT molecular complexity index is 515. The molecule has 0 amide bonds. The summed E-state index contributed by atoms with van der Waals surface area (Å²) in [6.07, 6.45) is 1.09. The highest BCUT2D eigenvalue weighted by Crippen LogP contribution is 2.23. The number of allylic oxidation sites excluding steroid dienone is 1. The first-order valence-electron chi connectivity index (χ1n) is 4.42. The number of hydrogen-bond acceptors (Lipinski definition) is 4. The molecule has 6 nitrogen and oxygen atoms in total. The lowest BCUT2D eigenvalue weighted by Gasteiger charge is -2.04. The Kier molecular flexibility index (Phi) is 3.61. The Morgan fingerprint density at radius 3 is 2.29 bits per heavy atom. The van der Waals surface area contributed by atoms with E-state index in [1.54, 1.807) is 0 Å². The summed E-state index contributed by atoms with van der Waals surface area (Å²) < 4.78 is 0. The summed E-state index contributed by atoms with van der Waals surface area (Å²) in [5.74, 6) is -3.23. The lowest BCUT2D eigenvalue weighted by atomic mass is 10.0. The van der Waals surface area contributed by atoms with Crippen molar-refractivity contribution in [1.29, 1.82) is 0 Å². The molecule has 0 aromatic heterocycles. The van der Waals surface area contributed by atoms with E-state index in [1.807, 2.05) is 0 Å². The molecule has 88 valence electrons. The van der Waals surface area contributed by atoms with Crippen molar-refractivity contribution in [1.82, 2.24) is 0 Å². The maximum absolute atomic E-state index is 10.8. The number of carboxylic acids is 2. The molecular formula is C11H8O6. The third kappa shape index (κ3) is 2.69. The van der Waals surface area contributed by atoms with Crippen molar-refractivity contribution in [2.24, 2.45) is 0 Å². The van der Waals surface area contributed by atoms with E-state index in [1.165, 1.54) is 6.07 Å². The third-order valence-corrected chi connectivity index (χ3v) is 2.00. The number of hydrogen-bond donors (Lipinski definition) is 3. The molecule has 6 heteroatoms. The smallest absolute Gasteiger partial charge is 0.339 e. The molecule has 0 aliphatic carbocycles. The standard InChI is InChI=1S/C11H8O6/c12-4-3-7(10(14)15)6-1-2-9(13)8(5-6)11(16)17/h1-5,13H,(H,14,15)(H,16,17). The topological polar surface area (TPSA) is 112 Å². The van der Waals surface area contributed by atoms with Gasteiger partial charge in [-0.3, -0.25) is 4.79 Å². The molecule has 0 aliphatic rings. The number of carboxylic acid groups (broad SMARTS) is 2. The summed E-state index contributed by atoms with van der Waals surface area (Å²) in [6.45, 7) is 0. The fraction of sp³-hybridized carbons (Fsp3) is 0. The van der Waals surface area contributed by atoms with Crippen LogP contribution in [0.1, 0.15) is 15.9 Å². The van der Waals surface area contributed by atoms with Crippen LogP contribution in [0.25, 0.3) is 5.57 Å². The minimum atomic E-state index is -1.39. The summed E-state index contributed by atoms with van der Waals surface area (Å²) in [4.78, 5) is 31.8. The van der Waals surface area contributed by atoms with E-state index in [0.29, 0.717) is 0 Å². The maximum Gasteiger partial charge on any atom is 0.339 e. The summed E-state index contributed by atoms with van der Waals surface area (Å²) in [5, 5.41) is 26.8. The molecular weight excluding hydrogens is 228 g/mol. The van der Waals surface area contributed by atoms with Crippen molar-refractivity contribution < 1.29 is 29.7 Å². The number of phenols is 1. The number of rotatable bonds is 4.